The summed E-state index contributed by atoms with van der Waals surface area (Å²) in [6, 6.07) is 5.92. The molecule has 1 aromatic carbocycles. The lowest BCUT2D eigenvalue weighted by Crippen LogP contribution is -2.38. The van der Waals surface area contributed by atoms with Crippen LogP contribution >= 0.6 is 0 Å². The molecule has 1 aliphatic rings. The molecule has 1 saturated carbocycles. The molecule has 2 rings (SSSR count). The Morgan fingerprint density at radius 3 is 2.28 bits per heavy atom. The van der Waals surface area contributed by atoms with E-state index in [4.69, 9.17) is 0 Å². The minimum Gasteiger partial charge on any atom is -0.550 e. The van der Waals surface area contributed by atoms with Crippen LogP contribution in [0.5, 0.6) is 0 Å². The first-order valence-corrected chi connectivity index (χ1v) is 9.82. The van der Waals surface area contributed by atoms with Gasteiger partial charge in [-0.1, -0.05) is 19.3 Å². The SMILES string of the molecule is CN(C1CCCCC1)S(=O)(=O)c1ccc(NC(=O)CCC(=O)[O-])cc1. The first-order valence-electron chi connectivity index (χ1n) is 8.38. The summed E-state index contributed by atoms with van der Waals surface area (Å²) >= 11 is 0. The minimum atomic E-state index is -3.57. The van der Waals surface area contributed by atoms with Crippen molar-refractivity contribution in [2.45, 2.75) is 55.9 Å². The van der Waals surface area contributed by atoms with Gasteiger partial charge in [0.15, 0.2) is 0 Å². The second-order valence-corrected chi connectivity index (χ2v) is 8.26. The van der Waals surface area contributed by atoms with Crippen LogP contribution in [0.4, 0.5) is 5.69 Å². The third kappa shape index (κ3) is 5.27. The molecule has 1 N–H and O–H groups in total. The number of nitrogens with zero attached hydrogens (tertiary/aromatic N) is 1. The zero-order valence-corrected chi connectivity index (χ0v) is 15.0. The number of sulfonamides is 1. The number of hydrogen-bond acceptors (Lipinski definition) is 5. The van der Waals surface area contributed by atoms with Crippen LogP contribution in [-0.2, 0) is 19.6 Å². The lowest BCUT2D eigenvalue weighted by Gasteiger charge is -2.30. The molecule has 0 saturated heterocycles. The highest BCUT2D eigenvalue weighted by atomic mass is 32.2. The predicted octanol–water partition coefficient (Wildman–Crippen LogP) is 1.11. The number of carbonyl (C=O) groups excluding carboxylic acids is 2. The zero-order valence-electron chi connectivity index (χ0n) is 14.2. The van der Waals surface area contributed by atoms with Crippen LogP contribution in [0.15, 0.2) is 29.2 Å². The quantitative estimate of drug-likeness (QED) is 0.777. The van der Waals surface area contributed by atoms with Gasteiger partial charge in [0.1, 0.15) is 0 Å². The standard InChI is InChI=1S/C17H24N2O5S/c1-19(14-5-3-2-4-6-14)25(23,24)15-9-7-13(8-10-15)18-16(20)11-12-17(21)22/h7-10,14H,2-6,11-12H2,1H3,(H,18,20)(H,21,22)/p-1. The van der Waals surface area contributed by atoms with Gasteiger partial charge in [0.05, 0.1) is 4.90 Å². The average Bonchev–Trinajstić information content (AvgIpc) is 2.60. The van der Waals surface area contributed by atoms with Crippen molar-refractivity contribution in [3.8, 4) is 0 Å². The summed E-state index contributed by atoms with van der Waals surface area (Å²) in [6.45, 7) is 0. The summed E-state index contributed by atoms with van der Waals surface area (Å²) in [7, 11) is -1.96. The van der Waals surface area contributed by atoms with E-state index in [1.807, 2.05) is 0 Å². The minimum absolute atomic E-state index is 0.0303. The monoisotopic (exact) mass is 367 g/mol. The molecule has 0 aromatic heterocycles. The second-order valence-electron chi connectivity index (χ2n) is 6.26. The Labute approximate surface area is 148 Å². The Morgan fingerprint density at radius 1 is 1.12 bits per heavy atom. The van der Waals surface area contributed by atoms with Crippen LogP contribution in [0, 0.1) is 0 Å². The Balaban J connectivity index is 2.02. The van der Waals surface area contributed by atoms with Crippen LogP contribution in [0.2, 0.25) is 0 Å². The van der Waals surface area contributed by atoms with Crippen LogP contribution in [0.3, 0.4) is 0 Å². The van der Waals surface area contributed by atoms with E-state index >= 15 is 0 Å². The summed E-state index contributed by atoms with van der Waals surface area (Å²) in [6.07, 6.45) is 4.45. The molecule has 0 bridgehead atoms. The molecule has 25 heavy (non-hydrogen) atoms. The maximum atomic E-state index is 12.7. The van der Waals surface area contributed by atoms with Crippen molar-refractivity contribution in [1.82, 2.24) is 4.31 Å². The Bertz CT molecular complexity index is 709. The predicted molar refractivity (Wildman–Crippen MR) is 91.1 cm³/mol. The summed E-state index contributed by atoms with van der Waals surface area (Å²) < 4.78 is 26.9. The number of aliphatic carboxylic acids is 1. The van der Waals surface area contributed by atoms with E-state index in [9.17, 15) is 23.1 Å². The fourth-order valence-electron chi connectivity index (χ4n) is 2.96. The molecule has 7 nitrogen and oxygen atoms in total. The van der Waals surface area contributed by atoms with E-state index in [0.29, 0.717) is 5.69 Å². The average molecular weight is 367 g/mol. The first kappa shape index (κ1) is 19.4. The van der Waals surface area contributed by atoms with E-state index in [0.717, 1.165) is 32.1 Å². The fourth-order valence-corrected chi connectivity index (χ4v) is 4.37. The summed E-state index contributed by atoms with van der Waals surface area (Å²) in [4.78, 5) is 22.1. The van der Waals surface area contributed by atoms with Gasteiger partial charge in [0, 0.05) is 31.2 Å². The number of rotatable bonds is 7. The van der Waals surface area contributed by atoms with E-state index < -0.39 is 21.9 Å². The maximum absolute atomic E-state index is 12.7. The first-order chi connectivity index (χ1) is 11.8. The van der Waals surface area contributed by atoms with E-state index in [2.05, 4.69) is 5.32 Å². The highest BCUT2D eigenvalue weighted by Crippen LogP contribution is 2.27. The van der Waals surface area contributed by atoms with Gasteiger partial charge in [-0.15, -0.1) is 0 Å². The van der Waals surface area contributed by atoms with Crippen LogP contribution in [-0.4, -0.2) is 37.7 Å². The number of amides is 1. The van der Waals surface area contributed by atoms with Gasteiger partial charge in [-0.2, -0.15) is 4.31 Å². The van der Waals surface area contributed by atoms with Crippen molar-refractivity contribution in [2.24, 2.45) is 0 Å². The van der Waals surface area contributed by atoms with E-state index in [-0.39, 0.29) is 23.8 Å². The molecule has 0 radical (unpaired) electrons. The smallest absolute Gasteiger partial charge is 0.243 e. The molecular formula is C17H23N2O5S-. The summed E-state index contributed by atoms with van der Waals surface area (Å²) in [5.41, 5.74) is 0.419. The molecule has 0 heterocycles. The Kier molecular flexibility index (Phi) is 6.55. The van der Waals surface area contributed by atoms with Crippen molar-refractivity contribution in [2.75, 3.05) is 12.4 Å². The molecule has 138 valence electrons. The zero-order chi connectivity index (χ0) is 18.4. The van der Waals surface area contributed by atoms with Crippen LogP contribution < -0.4 is 10.4 Å². The Hall–Kier alpha value is -1.93. The van der Waals surface area contributed by atoms with Gasteiger partial charge >= 0.3 is 0 Å². The fraction of sp³-hybridized carbons (Fsp3) is 0.529. The van der Waals surface area contributed by atoms with Gasteiger partial charge in [0.25, 0.3) is 0 Å². The lowest BCUT2D eigenvalue weighted by molar-refractivity contribution is -0.305. The van der Waals surface area contributed by atoms with Gasteiger partial charge in [0.2, 0.25) is 15.9 Å². The van der Waals surface area contributed by atoms with E-state index in [1.54, 1.807) is 7.05 Å². The number of hydrogen-bond donors (Lipinski definition) is 1. The molecule has 0 atom stereocenters. The van der Waals surface area contributed by atoms with Crippen molar-refractivity contribution >= 4 is 27.6 Å². The summed E-state index contributed by atoms with van der Waals surface area (Å²) in [5.74, 6) is -1.75. The van der Waals surface area contributed by atoms with Crippen molar-refractivity contribution in [3.63, 3.8) is 0 Å². The summed E-state index contributed by atoms with van der Waals surface area (Å²) in [5, 5.41) is 12.9. The third-order valence-corrected chi connectivity index (χ3v) is 6.38. The molecule has 1 aromatic rings. The maximum Gasteiger partial charge on any atom is 0.243 e. The van der Waals surface area contributed by atoms with Gasteiger partial charge in [-0.3, -0.25) is 4.79 Å². The van der Waals surface area contributed by atoms with Crippen LogP contribution in [0.1, 0.15) is 44.9 Å². The molecule has 0 unspecified atom stereocenters. The number of carbonyl (C=O) groups is 2. The molecule has 1 fully saturated rings. The van der Waals surface area contributed by atoms with Gasteiger partial charge in [-0.05, 0) is 43.5 Å². The highest BCUT2D eigenvalue weighted by molar-refractivity contribution is 7.89. The highest BCUT2D eigenvalue weighted by Gasteiger charge is 2.28. The number of anilines is 1. The largest absolute Gasteiger partial charge is 0.550 e. The number of benzene rings is 1. The molecular weight excluding hydrogens is 344 g/mol. The van der Waals surface area contributed by atoms with E-state index in [1.165, 1.54) is 28.6 Å². The van der Waals surface area contributed by atoms with Crippen LogP contribution in [0.25, 0.3) is 0 Å². The molecule has 1 aliphatic carbocycles. The molecule has 1 amide bonds. The van der Waals surface area contributed by atoms with Crippen molar-refractivity contribution in [1.29, 1.82) is 0 Å². The van der Waals surface area contributed by atoms with Crippen molar-refractivity contribution in [3.05, 3.63) is 24.3 Å². The molecule has 8 heteroatoms. The van der Waals surface area contributed by atoms with Gasteiger partial charge in [-0.25, -0.2) is 8.42 Å². The lowest BCUT2D eigenvalue weighted by atomic mass is 9.96. The van der Waals surface area contributed by atoms with Crippen molar-refractivity contribution < 1.29 is 23.1 Å². The van der Waals surface area contributed by atoms with Gasteiger partial charge < -0.3 is 15.2 Å². The second kappa shape index (κ2) is 8.44. The normalized spacial score (nSPS) is 15.9. The molecule has 0 spiro atoms. The number of carboxylic acid groups (broad SMARTS) is 1. The third-order valence-electron chi connectivity index (χ3n) is 4.46. The Morgan fingerprint density at radius 2 is 1.72 bits per heavy atom. The number of carboxylic acids is 1. The molecule has 0 aliphatic heterocycles. The number of nitrogens with one attached hydrogen (secondary N) is 1. The topological polar surface area (TPSA) is 107 Å².